The average molecular weight is 239 g/mol. The highest BCUT2D eigenvalue weighted by atomic mass is 79.9. The van der Waals surface area contributed by atoms with Crippen LogP contribution in [0, 0.1) is 0 Å². The van der Waals surface area contributed by atoms with Crippen LogP contribution in [-0.2, 0) is 0 Å². The van der Waals surface area contributed by atoms with Crippen molar-refractivity contribution in [3.63, 3.8) is 0 Å². The predicted molar refractivity (Wildman–Crippen MR) is 56.7 cm³/mol. The van der Waals surface area contributed by atoms with E-state index in [1.54, 1.807) is 24.4 Å². The summed E-state index contributed by atoms with van der Waals surface area (Å²) in [5, 5.41) is 1.39. The van der Waals surface area contributed by atoms with Crippen LogP contribution in [0.25, 0.3) is 10.8 Å². The first-order valence-corrected chi connectivity index (χ1v) is 4.54. The molecule has 1 aromatic carbocycles. The Labute approximate surface area is 82.7 Å². The lowest BCUT2D eigenvalue weighted by Gasteiger charge is -2.01. The summed E-state index contributed by atoms with van der Waals surface area (Å²) in [7, 11) is 0. The first kappa shape index (κ1) is 8.31. The lowest BCUT2D eigenvalue weighted by Crippen LogP contribution is -2.05. The van der Waals surface area contributed by atoms with Gasteiger partial charge in [-0.2, -0.15) is 0 Å². The number of halogens is 1. The zero-order valence-corrected chi connectivity index (χ0v) is 8.26. The molecule has 0 fully saturated rings. The van der Waals surface area contributed by atoms with Gasteiger partial charge < -0.3 is 10.7 Å². The molecule has 0 saturated heterocycles. The fourth-order valence-corrected chi connectivity index (χ4v) is 1.77. The molecule has 1 heterocycles. The predicted octanol–water partition coefficient (Wildman–Crippen LogP) is 1.87. The van der Waals surface area contributed by atoms with Crippen LogP contribution >= 0.6 is 15.9 Å². The van der Waals surface area contributed by atoms with Gasteiger partial charge in [-0.25, -0.2) is 0 Å². The van der Waals surface area contributed by atoms with Crippen molar-refractivity contribution < 1.29 is 0 Å². The van der Waals surface area contributed by atoms with E-state index in [4.69, 9.17) is 5.73 Å². The summed E-state index contributed by atoms with van der Waals surface area (Å²) < 4.78 is 0.814. The Morgan fingerprint density at radius 1 is 1.31 bits per heavy atom. The third-order valence-corrected chi connectivity index (χ3v) is 2.34. The van der Waals surface area contributed by atoms with Crippen molar-refractivity contribution in [2.45, 2.75) is 0 Å². The number of benzene rings is 1. The molecule has 4 heteroatoms. The van der Waals surface area contributed by atoms with Crippen LogP contribution in [0.4, 0.5) is 5.69 Å². The molecule has 3 nitrogen and oxygen atoms in total. The number of nitrogens with two attached hydrogens (primary N) is 1. The summed E-state index contributed by atoms with van der Waals surface area (Å²) in [5.74, 6) is 0. The van der Waals surface area contributed by atoms with Crippen molar-refractivity contribution in [2.24, 2.45) is 0 Å². The molecule has 0 saturated carbocycles. The van der Waals surface area contributed by atoms with Crippen molar-refractivity contribution in [1.29, 1.82) is 0 Å². The average Bonchev–Trinajstić information content (AvgIpc) is 2.07. The number of aromatic amines is 1. The Bertz CT molecular complexity index is 518. The second-order valence-electron chi connectivity index (χ2n) is 2.76. The summed E-state index contributed by atoms with van der Waals surface area (Å²) in [6.07, 6.45) is 1.59. The van der Waals surface area contributed by atoms with E-state index >= 15 is 0 Å². The SMILES string of the molecule is Nc1cc(Br)cc2c(=O)[nH]ccc12. The Balaban J connectivity index is 3.03. The van der Waals surface area contributed by atoms with Gasteiger partial charge in [-0.05, 0) is 18.2 Å². The Kier molecular flexibility index (Phi) is 1.84. The van der Waals surface area contributed by atoms with Gasteiger partial charge in [0.1, 0.15) is 0 Å². The van der Waals surface area contributed by atoms with Crippen LogP contribution in [0.1, 0.15) is 0 Å². The van der Waals surface area contributed by atoms with Crippen LogP contribution in [0.15, 0.2) is 33.7 Å². The largest absolute Gasteiger partial charge is 0.398 e. The first-order valence-electron chi connectivity index (χ1n) is 3.75. The summed E-state index contributed by atoms with van der Waals surface area (Å²) in [4.78, 5) is 13.9. The minimum atomic E-state index is -0.120. The van der Waals surface area contributed by atoms with Gasteiger partial charge in [0.2, 0.25) is 0 Å². The maximum Gasteiger partial charge on any atom is 0.255 e. The fourth-order valence-electron chi connectivity index (χ4n) is 1.29. The summed E-state index contributed by atoms with van der Waals surface area (Å²) in [6.45, 7) is 0. The number of nitrogens with one attached hydrogen (secondary N) is 1. The van der Waals surface area contributed by atoms with Gasteiger partial charge in [0, 0.05) is 21.7 Å². The maximum absolute atomic E-state index is 11.4. The van der Waals surface area contributed by atoms with Crippen molar-refractivity contribution in [1.82, 2.24) is 4.98 Å². The van der Waals surface area contributed by atoms with E-state index in [-0.39, 0.29) is 5.56 Å². The highest BCUT2D eigenvalue weighted by Crippen LogP contribution is 2.22. The molecule has 0 bridgehead atoms. The molecule has 66 valence electrons. The van der Waals surface area contributed by atoms with E-state index in [1.165, 1.54) is 0 Å². The van der Waals surface area contributed by atoms with E-state index in [2.05, 4.69) is 20.9 Å². The highest BCUT2D eigenvalue weighted by molar-refractivity contribution is 9.10. The van der Waals surface area contributed by atoms with E-state index in [0.29, 0.717) is 11.1 Å². The minimum Gasteiger partial charge on any atom is -0.398 e. The molecule has 0 amide bonds. The number of aromatic nitrogens is 1. The number of H-pyrrole nitrogens is 1. The number of pyridine rings is 1. The molecule has 1 aromatic heterocycles. The van der Waals surface area contributed by atoms with E-state index in [1.807, 2.05) is 0 Å². The molecule has 13 heavy (non-hydrogen) atoms. The maximum atomic E-state index is 11.4. The molecular formula is C9H7BrN2O. The quantitative estimate of drug-likeness (QED) is 0.689. The molecule has 0 aliphatic heterocycles. The van der Waals surface area contributed by atoms with Gasteiger partial charge in [0.15, 0.2) is 0 Å². The smallest absolute Gasteiger partial charge is 0.255 e. The highest BCUT2D eigenvalue weighted by Gasteiger charge is 2.02. The number of nitrogen functional groups attached to an aromatic ring is 1. The number of hydrogen-bond donors (Lipinski definition) is 2. The van der Waals surface area contributed by atoms with E-state index in [9.17, 15) is 4.79 Å². The third kappa shape index (κ3) is 1.33. The van der Waals surface area contributed by atoms with Crippen LogP contribution in [0.2, 0.25) is 0 Å². The zero-order valence-electron chi connectivity index (χ0n) is 6.67. The molecular weight excluding hydrogens is 232 g/mol. The number of fused-ring (bicyclic) bond motifs is 1. The Hall–Kier alpha value is -1.29. The standard InChI is InChI=1S/C9H7BrN2O/c10-5-3-7-6(8(11)4-5)1-2-12-9(7)13/h1-4H,11H2,(H,12,13). The molecule has 0 spiro atoms. The third-order valence-electron chi connectivity index (χ3n) is 1.89. The number of rotatable bonds is 0. The molecule has 2 aromatic rings. The lowest BCUT2D eigenvalue weighted by atomic mass is 10.1. The second-order valence-corrected chi connectivity index (χ2v) is 3.68. The summed E-state index contributed by atoms with van der Waals surface area (Å²) in [5.41, 5.74) is 6.23. The van der Waals surface area contributed by atoms with Crippen molar-refractivity contribution >= 4 is 32.4 Å². The number of hydrogen-bond acceptors (Lipinski definition) is 2. The lowest BCUT2D eigenvalue weighted by molar-refractivity contribution is 1.28. The van der Waals surface area contributed by atoms with Crippen LogP contribution in [0.5, 0.6) is 0 Å². The van der Waals surface area contributed by atoms with Gasteiger partial charge in [-0.15, -0.1) is 0 Å². The van der Waals surface area contributed by atoms with Gasteiger partial charge in [0.05, 0.1) is 5.39 Å². The Morgan fingerprint density at radius 3 is 2.85 bits per heavy atom. The second kappa shape index (κ2) is 2.88. The van der Waals surface area contributed by atoms with Crippen molar-refractivity contribution in [2.75, 3.05) is 5.73 Å². The Morgan fingerprint density at radius 2 is 2.08 bits per heavy atom. The van der Waals surface area contributed by atoms with Gasteiger partial charge in [-0.1, -0.05) is 15.9 Å². The fraction of sp³-hybridized carbons (Fsp3) is 0. The van der Waals surface area contributed by atoms with Crippen LogP contribution < -0.4 is 11.3 Å². The molecule has 0 unspecified atom stereocenters. The normalized spacial score (nSPS) is 10.5. The van der Waals surface area contributed by atoms with E-state index in [0.717, 1.165) is 9.86 Å². The monoisotopic (exact) mass is 238 g/mol. The molecule has 0 atom stereocenters. The topological polar surface area (TPSA) is 58.9 Å². The first-order chi connectivity index (χ1) is 6.18. The van der Waals surface area contributed by atoms with Crippen LogP contribution in [0.3, 0.4) is 0 Å². The molecule has 0 aliphatic carbocycles. The van der Waals surface area contributed by atoms with Crippen LogP contribution in [-0.4, -0.2) is 4.98 Å². The van der Waals surface area contributed by atoms with Gasteiger partial charge in [0.25, 0.3) is 5.56 Å². The summed E-state index contributed by atoms with van der Waals surface area (Å²) >= 11 is 3.28. The molecule has 0 aliphatic rings. The number of anilines is 1. The van der Waals surface area contributed by atoms with Gasteiger partial charge in [-0.3, -0.25) is 4.79 Å². The van der Waals surface area contributed by atoms with E-state index < -0.39 is 0 Å². The van der Waals surface area contributed by atoms with Gasteiger partial charge >= 0.3 is 0 Å². The molecule has 3 N–H and O–H groups in total. The van der Waals surface area contributed by atoms with Crippen molar-refractivity contribution in [3.8, 4) is 0 Å². The summed E-state index contributed by atoms with van der Waals surface area (Å²) in [6, 6.07) is 5.32. The molecule has 0 radical (unpaired) electrons. The molecule has 2 rings (SSSR count). The minimum absolute atomic E-state index is 0.120. The van der Waals surface area contributed by atoms with Crippen molar-refractivity contribution in [3.05, 3.63) is 39.2 Å². The zero-order chi connectivity index (χ0) is 9.42.